The third kappa shape index (κ3) is 2.54. The fourth-order valence-electron chi connectivity index (χ4n) is 2.10. The standard InChI is InChI=1S/C12H13N3O4/c1-6-3-7(2)13-11(10(6)12(18)19)15-4-8(16)14-9(17)5-15/h3H,4-5H2,1-2H3,(H,18,19)(H,14,16,17). The first-order chi connectivity index (χ1) is 8.88. The van der Waals surface area contributed by atoms with E-state index >= 15 is 0 Å². The fraction of sp³-hybridized carbons (Fsp3) is 0.333. The van der Waals surface area contributed by atoms with Gasteiger partial charge >= 0.3 is 5.97 Å². The number of piperazine rings is 1. The topological polar surface area (TPSA) is 99.6 Å². The van der Waals surface area contributed by atoms with Crippen LogP contribution in [0.25, 0.3) is 0 Å². The van der Waals surface area contributed by atoms with E-state index in [1.165, 1.54) is 4.90 Å². The van der Waals surface area contributed by atoms with E-state index in [-0.39, 0.29) is 24.5 Å². The van der Waals surface area contributed by atoms with Crippen molar-refractivity contribution in [1.82, 2.24) is 10.3 Å². The van der Waals surface area contributed by atoms with Crippen molar-refractivity contribution in [2.45, 2.75) is 13.8 Å². The summed E-state index contributed by atoms with van der Waals surface area (Å²) in [6.07, 6.45) is 0. The highest BCUT2D eigenvalue weighted by Gasteiger charge is 2.28. The molecule has 7 heteroatoms. The zero-order chi connectivity index (χ0) is 14.2. The molecule has 19 heavy (non-hydrogen) atoms. The maximum atomic E-state index is 11.4. The Kier molecular flexibility index (Phi) is 3.20. The Hall–Kier alpha value is -2.44. The van der Waals surface area contributed by atoms with E-state index in [4.69, 9.17) is 0 Å². The number of carbonyl (C=O) groups excluding carboxylic acids is 2. The summed E-state index contributed by atoms with van der Waals surface area (Å²) in [7, 11) is 0. The van der Waals surface area contributed by atoms with E-state index in [1.807, 2.05) is 0 Å². The average Bonchev–Trinajstić information content (AvgIpc) is 2.25. The lowest BCUT2D eigenvalue weighted by Gasteiger charge is -2.28. The van der Waals surface area contributed by atoms with E-state index < -0.39 is 17.8 Å². The quantitative estimate of drug-likeness (QED) is 0.720. The van der Waals surface area contributed by atoms with Crippen LogP contribution in [0.5, 0.6) is 0 Å². The van der Waals surface area contributed by atoms with Crippen molar-refractivity contribution in [3.63, 3.8) is 0 Å². The number of carbonyl (C=O) groups is 3. The number of hydrogen-bond acceptors (Lipinski definition) is 5. The summed E-state index contributed by atoms with van der Waals surface area (Å²) >= 11 is 0. The third-order valence-electron chi connectivity index (χ3n) is 2.79. The largest absolute Gasteiger partial charge is 0.478 e. The van der Waals surface area contributed by atoms with Crippen LogP contribution in [0.1, 0.15) is 21.6 Å². The van der Waals surface area contributed by atoms with E-state index in [1.54, 1.807) is 19.9 Å². The zero-order valence-corrected chi connectivity index (χ0v) is 10.6. The Morgan fingerprint density at radius 3 is 2.42 bits per heavy atom. The Morgan fingerprint density at radius 2 is 1.89 bits per heavy atom. The highest BCUT2D eigenvalue weighted by Crippen LogP contribution is 2.23. The smallest absolute Gasteiger partial charge is 0.339 e. The molecule has 0 unspecified atom stereocenters. The van der Waals surface area contributed by atoms with E-state index in [0.717, 1.165) is 0 Å². The normalized spacial score (nSPS) is 15.4. The van der Waals surface area contributed by atoms with Gasteiger partial charge in [0, 0.05) is 5.69 Å². The Bertz CT molecular complexity index is 567. The molecule has 2 heterocycles. The van der Waals surface area contributed by atoms with Crippen LogP contribution >= 0.6 is 0 Å². The van der Waals surface area contributed by atoms with Gasteiger partial charge in [0.05, 0.1) is 13.1 Å². The van der Waals surface area contributed by atoms with Crippen LogP contribution in [0.3, 0.4) is 0 Å². The molecule has 0 bridgehead atoms. The number of carboxylic acid groups (broad SMARTS) is 1. The van der Waals surface area contributed by atoms with Crippen molar-refractivity contribution in [3.05, 3.63) is 22.9 Å². The summed E-state index contributed by atoms with van der Waals surface area (Å²) in [5.74, 6) is -1.89. The maximum Gasteiger partial charge on any atom is 0.339 e. The number of nitrogens with one attached hydrogen (secondary N) is 1. The number of amides is 2. The van der Waals surface area contributed by atoms with Crippen LogP contribution in [0.15, 0.2) is 6.07 Å². The fourth-order valence-corrected chi connectivity index (χ4v) is 2.10. The average molecular weight is 263 g/mol. The monoisotopic (exact) mass is 263 g/mol. The molecule has 100 valence electrons. The Morgan fingerprint density at radius 1 is 1.32 bits per heavy atom. The molecule has 1 fully saturated rings. The molecule has 0 aromatic carbocycles. The molecule has 7 nitrogen and oxygen atoms in total. The number of nitrogens with zero attached hydrogens (tertiary/aromatic N) is 2. The van der Waals surface area contributed by atoms with Gasteiger partial charge in [-0.2, -0.15) is 0 Å². The lowest BCUT2D eigenvalue weighted by molar-refractivity contribution is -0.130. The summed E-state index contributed by atoms with van der Waals surface area (Å²) in [5, 5.41) is 11.4. The van der Waals surface area contributed by atoms with Crippen molar-refractivity contribution in [3.8, 4) is 0 Å². The zero-order valence-electron chi connectivity index (χ0n) is 10.6. The first kappa shape index (κ1) is 13.0. The van der Waals surface area contributed by atoms with Crippen LogP contribution < -0.4 is 10.2 Å². The van der Waals surface area contributed by atoms with Crippen molar-refractivity contribution in [1.29, 1.82) is 0 Å². The van der Waals surface area contributed by atoms with Crippen molar-refractivity contribution in [2.75, 3.05) is 18.0 Å². The predicted molar refractivity (Wildman–Crippen MR) is 66.0 cm³/mol. The molecule has 0 spiro atoms. The molecule has 1 aliphatic heterocycles. The van der Waals surface area contributed by atoms with Gasteiger partial charge in [0.1, 0.15) is 11.4 Å². The first-order valence-electron chi connectivity index (χ1n) is 5.67. The molecule has 2 N–H and O–H groups in total. The third-order valence-corrected chi connectivity index (χ3v) is 2.79. The first-order valence-corrected chi connectivity index (χ1v) is 5.67. The molecule has 0 saturated carbocycles. The molecule has 1 aromatic rings. The minimum absolute atomic E-state index is 0.0214. The summed E-state index contributed by atoms with van der Waals surface area (Å²) in [6, 6.07) is 1.65. The Labute approximate surface area is 109 Å². The molecule has 0 aliphatic carbocycles. The van der Waals surface area contributed by atoms with E-state index in [0.29, 0.717) is 11.3 Å². The van der Waals surface area contributed by atoms with Crippen molar-refractivity contribution >= 4 is 23.6 Å². The van der Waals surface area contributed by atoms with Crippen LogP contribution in [0, 0.1) is 13.8 Å². The number of aromatic nitrogens is 1. The second kappa shape index (κ2) is 4.68. The van der Waals surface area contributed by atoms with E-state index in [9.17, 15) is 19.5 Å². The number of aryl methyl sites for hydroxylation is 2. The summed E-state index contributed by atoms with van der Waals surface area (Å²) in [4.78, 5) is 39.6. The van der Waals surface area contributed by atoms with Gasteiger partial charge in [0.25, 0.3) is 0 Å². The van der Waals surface area contributed by atoms with Gasteiger partial charge in [0.2, 0.25) is 11.8 Å². The number of pyridine rings is 1. The number of aromatic carboxylic acids is 1. The number of carboxylic acids is 1. The predicted octanol–water partition coefficient (Wildman–Crippen LogP) is -0.141. The molecule has 2 amide bonds. The molecular weight excluding hydrogens is 250 g/mol. The van der Waals surface area contributed by atoms with Crippen LogP contribution in [0.4, 0.5) is 5.82 Å². The van der Waals surface area contributed by atoms with Crippen molar-refractivity contribution < 1.29 is 19.5 Å². The molecule has 1 aliphatic rings. The second-order valence-electron chi connectivity index (χ2n) is 4.41. The molecular formula is C12H13N3O4. The van der Waals surface area contributed by atoms with Gasteiger partial charge in [-0.15, -0.1) is 0 Å². The molecule has 1 aromatic heterocycles. The number of rotatable bonds is 2. The summed E-state index contributed by atoms with van der Waals surface area (Å²) < 4.78 is 0. The summed E-state index contributed by atoms with van der Waals surface area (Å²) in [6.45, 7) is 3.23. The minimum Gasteiger partial charge on any atom is -0.478 e. The SMILES string of the molecule is Cc1cc(C)c(C(=O)O)c(N2CC(=O)NC(=O)C2)n1. The van der Waals surface area contributed by atoms with Crippen LogP contribution in [-0.2, 0) is 9.59 Å². The number of hydrogen-bond donors (Lipinski definition) is 2. The van der Waals surface area contributed by atoms with Gasteiger partial charge in [-0.3, -0.25) is 14.9 Å². The van der Waals surface area contributed by atoms with Gasteiger partial charge in [0.15, 0.2) is 0 Å². The van der Waals surface area contributed by atoms with Gasteiger partial charge in [-0.05, 0) is 25.5 Å². The van der Waals surface area contributed by atoms with Gasteiger partial charge in [-0.25, -0.2) is 9.78 Å². The molecule has 0 radical (unpaired) electrons. The highest BCUT2D eigenvalue weighted by molar-refractivity contribution is 6.04. The highest BCUT2D eigenvalue weighted by atomic mass is 16.4. The van der Waals surface area contributed by atoms with Crippen molar-refractivity contribution in [2.24, 2.45) is 0 Å². The Balaban J connectivity index is 2.51. The lowest BCUT2D eigenvalue weighted by atomic mass is 10.1. The minimum atomic E-state index is -1.13. The van der Waals surface area contributed by atoms with Crippen LogP contribution in [-0.4, -0.2) is 41.0 Å². The molecule has 0 atom stereocenters. The maximum absolute atomic E-state index is 11.4. The van der Waals surface area contributed by atoms with Gasteiger partial charge in [-0.1, -0.05) is 0 Å². The lowest BCUT2D eigenvalue weighted by Crippen LogP contribution is -2.52. The number of imide groups is 1. The summed E-state index contributed by atoms with van der Waals surface area (Å²) in [5.41, 5.74) is 1.21. The van der Waals surface area contributed by atoms with Crippen LogP contribution in [0.2, 0.25) is 0 Å². The molecule has 2 rings (SSSR count). The van der Waals surface area contributed by atoms with Gasteiger partial charge < -0.3 is 10.0 Å². The second-order valence-corrected chi connectivity index (χ2v) is 4.41. The number of anilines is 1. The molecule has 1 saturated heterocycles. The van der Waals surface area contributed by atoms with E-state index in [2.05, 4.69) is 10.3 Å².